The number of carboxylic acids is 2. The molecular formula is C8H10O5. The Morgan fingerprint density at radius 2 is 1.54 bits per heavy atom. The zero-order valence-corrected chi connectivity index (χ0v) is 6.95. The van der Waals surface area contributed by atoms with Crippen molar-refractivity contribution in [3.63, 3.8) is 0 Å². The predicted octanol–water partition coefficient (Wildman–Crippen LogP) is -0.0476. The lowest BCUT2D eigenvalue weighted by Gasteiger charge is -2.56. The first-order valence-electron chi connectivity index (χ1n) is 4.05. The molecule has 1 heterocycles. The lowest BCUT2D eigenvalue weighted by Crippen LogP contribution is -2.63. The van der Waals surface area contributed by atoms with Gasteiger partial charge in [0.05, 0.1) is 13.2 Å². The fourth-order valence-corrected chi connectivity index (χ4v) is 2.22. The van der Waals surface area contributed by atoms with Crippen LogP contribution in [-0.2, 0) is 14.3 Å². The van der Waals surface area contributed by atoms with E-state index in [0.717, 1.165) is 0 Å². The Bertz CT molecular complexity index is 254. The normalized spacial score (nSPS) is 27.4. The van der Waals surface area contributed by atoms with Gasteiger partial charge < -0.3 is 14.9 Å². The number of hydrogen-bond donors (Lipinski definition) is 2. The van der Waals surface area contributed by atoms with Crippen molar-refractivity contribution in [1.29, 1.82) is 0 Å². The van der Waals surface area contributed by atoms with Crippen LogP contribution in [0.4, 0.5) is 0 Å². The average molecular weight is 186 g/mol. The fourth-order valence-electron chi connectivity index (χ4n) is 2.22. The summed E-state index contributed by atoms with van der Waals surface area (Å²) < 4.78 is 4.95. The minimum atomic E-state index is -1.54. The Balaban J connectivity index is 2.13. The van der Waals surface area contributed by atoms with Crippen LogP contribution in [-0.4, -0.2) is 35.4 Å². The van der Waals surface area contributed by atoms with Crippen LogP contribution in [0, 0.1) is 10.8 Å². The van der Waals surface area contributed by atoms with Gasteiger partial charge in [0.1, 0.15) is 0 Å². The number of rotatable bonds is 2. The molecule has 1 aliphatic carbocycles. The molecular weight excluding hydrogens is 176 g/mol. The van der Waals surface area contributed by atoms with Crippen molar-refractivity contribution in [2.75, 3.05) is 13.2 Å². The molecule has 2 rings (SSSR count). The SMILES string of the molecule is O=C(O)C1(C(=O)O)CC2(COC2)C1. The topological polar surface area (TPSA) is 83.8 Å². The summed E-state index contributed by atoms with van der Waals surface area (Å²) in [5.74, 6) is -2.45. The summed E-state index contributed by atoms with van der Waals surface area (Å²) in [4.78, 5) is 21.5. The Labute approximate surface area is 74.3 Å². The van der Waals surface area contributed by atoms with Crippen molar-refractivity contribution >= 4 is 11.9 Å². The summed E-state index contributed by atoms with van der Waals surface area (Å²) in [6.45, 7) is 1.02. The van der Waals surface area contributed by atoms with E-state index in [1.165, 1.54) is 0 Å². The molecule has 2 fully saturated rings. The van der Waals surface area contributed by atoms with Gasteiger partial charge in [-0.1, -0.05) is 0 Å². The molecule has 72 valence electrons. The molecule has 1 aliphatic heterocycles. The third-order valence-electron chi connectivity index (χ3n) is 2.99. The quantitative estimate of drug-likeness (QED) is 0.591. The van der Waals surface area contributed by atoms with E-state index >= 15 is 0 Å². The van der Waals surface area contributed by atoms with Crippen LogP contribution in [0.2, 0.25) is 0 Å². The van der Waals surface area contributed by atoms with Gasteiger partial charge in [-0.2, -0.15) is 0 Å². The lowest BCUT2D eigenvalue weighted by atomic mass is 9.51. The van der Waals surface area contributed by atoms with E-state index in [0.29, 0.717) is 13.2 Å². The molecule has 5 heteroatoms. The third kappa shape index (κ3) is 0.904. The molecule has 0 aromatic carbocycles. The van der Waals surface area contributed by atoms with Crippen LogP contribution >= 0.6 is 0 Å². The predicted molar refractivity (Wildman–Crippen MR) is 40.2 cm³/mol. The maximum absolute atomic E-state index is 10.8. The van der Waals surface area contributed by atoms with Crippen molar-refractivity contribution in [2.24, 2.45) is 10.8 Å². The molecule has 0 amide bonds. The fraction of sp³-hybridized carbons (Fsp3) is 0.750. The van der Waals surface area contributed by atoms with Crippen LogP contribution in [0.1, 0.15) is 12.8 Å². The molecule has 1 saturated carbocycles. The van der Waals surface area contributed by atoms with Crippen LogP contribution in [0.25, 0.3) is 0 Å². The molecule has 5 nitrogen and oxygen atoms in total. The van der Waals surface area contributed by atoms with Crippen LogP contribution in [0.15, 0.2) is 0 Å². The number of carboxylic acid groups (broad SMARTS) is 2. The van der Waals surface area contributed by atoms with Crippen LogP contribution < -0.4 is 0 Å². The van der Waals surface area contributed by atoms with Gasteiger partial charge in [0.2, 0.25) is 0 Å². The Hall–Kier alpha value is -1.10. The summed E-state index contributed by atoms with van der Waals surface area (Å²) in [7, 11) is 0. The maximum Gasteiger partial charge on any atom is 0.321 e. The zero-order chi connectivity index (χ0) is 9.69. The highest BCUT2D eigenvalue weighted by Crippen LogP contribution is 2.58. The Morgan fingerprint density at radius 3 is 1.77 bits per heavy atom. The maximum atomic E-state index is 10.8. The largest absolute Gasteiger partial charge is 0.480 e. The monoisotopic (exact) mass is 186 g/mol. The van der Waals surface area contributed by atoms with Gasteiger partial charge in [-0.3, -0.25) is 9.59 Å². The summed E-state index contributed by atoms with van der Waals surface area (Å²) in [6.07, 6.45) is 0.426. The van der Waals surface area contributed by atoms with Gasteiger partial charge >= 0.3 is 11.9 Å². The second-order valence-corrected chi connectivity index (χ2v) is 4.04. The minimum Gasteiger partial charge on any atom is -0.480 e. The number of aliphatic carboxylic acids is 2. The van der Waals surface area contributed by atoms with Crippen molar-refractivity contribution < 1.29 is 24.5 Å². The summed E-state index contributed by atoms with van der Waals surface area (Å²) in [5.41, 5.74) is -1.68. The van der Waals surface area contributed by atoms with E-state index in [1.807, 2.05) is 0 Å². The smallest absolute Gasteiger partial charge is 0.321 e. The average Bonchev–Trinajstić information content (AvgIpc) is 1.78. The van der Waals surface area contributed by atoms with E-state index in [2.05, 4.69) is 0 Å². The van der Waals surface area contributed by atoms with Gasteiger partial charge in [-0.25, -0.2) is 0 Å². The number of hydrogen-bond acceptors (Lipinski definition) is 3. The van der Waals surface area contributed by atoms with Gasteiger partial charge in [0, 0.05) is 5.41 Å². The number of ether oxygens (including phenoxy) is 1. The van der Waals surface area contributed by atoms with Crippen LogP contribution in [0.5, 0.6) is 0 Å². The van der Waals surface area contributed by atoms with Crippen molar-refractivity contribution in [1.82, 2.24) is 0 Å². The van der Waals surface area contributed by atoms with E-state index in [-0.39, 0.29) is 18.3 Å². The molecule has 0 bridgehead atoms. The van der Waals surface area contributed by atoms with Gasteiger partial charge in [-0.05, 0) is 12.8 Å². The Kier molecular flexibility index (Phi) is 1.46. The molecule has 0 unspecified atom stereocenters. The van der Waals surface area contributed by atoms with Crippen LogP contribution in [0.3, 0.4) is 0 Å². The van der Waals surface area contributed by atoms with E-state index in [1.54, 1.807) is 0 Å². The first-order chi connectivity index (χ1) is 6.01. The highest BCUT2D eigenvalue weighted by Gasteiger charge is 2.66. The summed E-state index contributed by atoms with van der Waals surface area (Å²) in [5, 5.41) is 17.6. The standard InChI is InChI=1S/C8H10O5/c9-5(10)8(6(11)12)1-7(2-8)3-13-4-7/h1-4H2,(H,9,10)(H,11,12). The number of carbonyl (C=O) groups is 2. The van der Waals surface area contributed by atoms with Gasteiger partial charge in [0.15, 0.2) is 5.41 Å². The summed E-state index contributed by atoms with van der Waals surface area (Å²) >= 11 is 0. The van der Waals surface area contributed by atoms with Gasteiger partial charge in [-0.15, -0.1) is 0 Å². The molecule has 2 aliphatic rings. The van der Waals surface area contributed by atoms with Crippen molar-refractivity contribution in [3.8, 4) is 0 Å². The molecule has 0 aromatic heterocycles. The van der Waals surface area contributed by atoms with Crippen molar-refractivity contribution in [3.05, 3.63) is 0 Å². The molecule has 2 N–H and O–H groups in total. The van der Waals surface area contributed by atoms with E-state index in [9.17, 15) is 9.59 Å². The second kappa shape index (κ2) is 2.23. The second-order valence-electron chi connectivity index (χ2n) is 4.04. The first kappa shape index (κ1) is 8.50. The molecule has 1 saturated heterocycles. The van der Waals surface area contributed by atoms with E-state index in [4.69, 9.17) is 14.9 Å². The lowest BCUT2D eigenvalue weighted by molar-refractivity contribution is -0.226. The molecule has 0 aromatic rings. The first-order valence-corrected chi connectivity index (χ1v) is 4.05. The van der Waals surface area contributed by atoms with Crippen molar-refractivity contribution in [2.45, 2.75) is 12.8 Å². The highest BCUT2D eigenvalue weighted by molar-refractivity contribution is 5.99. The molecule has 0 atom stereocenters. The van der Waals surface area contributed by atoms with Gasteiger partial charge in [0.25, 0.3) is 0 Å². The van der Waals surface area contributed by atoms with E-state index < -0.39 is 17.4 Å². The minimum absolute atomic E-state index is 0.142. The molecule has 13 heavy (non-hydrogen) atoms. The molecule has 1 spiro atoms. The third-order valence-corrected chi connectivity index (χ3v) is 2.99. The Morgan fingerprint density at radius 1 is 1.08 bits per heavy atom. The highest BCUT2D eigenvalue weighted by atomic mass is 16.5. The summed E-state index contributed by atoms with van der Waals surface area (Å²) in [6, 6.07) is 0. The zero-order valence-electron chi connectivity index (χ0n) is 6.95. The molecule has 0 radical (unpaired) electrons.